The van der Waals surface area contributed by atoms with E-state index < -0.39 is 24.6 Å². The van der Waals surface area contributed by atoms with E-state index in [4.69, 9.17) is 9.47 Å². The first-order chi connectivity index (χ1) is 11.9. The van der Waals surface area contributed by atoms with Gasteiger partial charge in [0.05, 0.1) is 7.11 Å². The smallest absolute Gasteiger partial charge is 0.387 e. The van der Waals surface area contributed by atoms with E-state index in [1.54, 1.807) is 0 Å². The standard InChI is InChI=1S/C17H19F2NO5/c1-4-9-20-16(22)11(2)24-15(21)8-6-12-5-7-13(25-17(18)19)14(10-12)23-3/h4-8,10-11,17H,1,9H2,2-3H3,(H,20,22)/b8-6+/t11-/m0/s1. The lowest BCUT2D eigenvalue weighted by molar-refractivity contribution is -0.150. The predicted octanol–water partition coefficient (Wildman–Crippen LogP) is 2.54. The first-order valence-corrected chi connectivity index (χ1v) is 7.27. The van der Waals surface area contributed by atoms with E-state index in [0.29, 0.717) is 5.56 Å². The number of ether oxygens (including phenoxy) is 3. The maximum atomic E-state index is 12.3. The van der Waals surface area contributed by atoms with Crippen molar-refractivity contribution in [3.8, 4) is 11.5 Å². The molecule has 8 heteroatoms. The number of rotatable bonds is 9. The first-order valence-electron chi connectivity index (χ1n) is 7.27. The van der Waals surface area contributed by atoms with Crippen LogP contribution in [0.3, 0.4) is 0 Å². The highest BCUT2D eigenvalue weighted by molar-refractivity contribution is 5.90. The van der Waals surface area contributed by atoms with Gasteiger partial charge < -0.3 is 19.5 Å². The minimum atomic E-state index is -2.97. The molecule has 1 rings (SSSR count). The molecule has 0 aromatic heterocycles. The molecule has 0 saturated carbocycles. The monoisotopic (exact) mass is 355 g/mol. The second kappa shape index (κ2) is 10.1. The van der Waals surface area contributed by atoms with Crippen LogP contribution in [-0.2, 0) is 14.3 Å². The fourth-order valence-corrected chi connectivity index (χ4v) is 1.73. The van der Waals surface area contributed by atoms with Crippen molar-refractivity contribution in [2.24, 2.45) is 0 Å². The average molecular weight is 355 g/mol. The Morgan fingerprint density at radius 3 is 2.64 bits per heavy atom. The number of carbonyl (C=O) groups is 2. The molecule has 0 aliphatic rings. The van der Waals surface area contributed by atoms with Crippen molar-refractivity contribution in [2.45, 2.75) is 19.6 Å². The van der Waals surface area contributed by atoms with E-state index in [-0.39, 0.29) is 18.0 Å². The number of carbonyl (C=O) groups excluding carboxylic acids is 2. The molecule has 0 aliphatic heterocycles. The molecular weight excluding hydrogens is 336 g/mol. The molecule has 6 nitrogen and oxygen atoms in total. The van der Waals surface area contributed by atoms with Gasteiger partial charge in [0, 0.05) is 12.6 Å². The second-order valence-corrected chi connectivity index (χ2v) is 4.74. The van der Waals surface area contributed by atoms with E-state index in [2.05, 4.69) is 16.6 Å². The average Bonchev–Trinajstić information content (AvgIpc) is 2.58. The lowest BCUT2D eigenvalue weighted by atomic mass is 10.2. The summed E-state index contributed by atoms with van der Waals surface area (Å²) in [7, 11) is 1.30. The topological polar surface area (TPSA) is 73.9 Å². The van der Waals surface area contributed by atoms with E-state index in [1.165, 1.54) is 44.4 Å². The number of nitrogens with one attached hydrogen (secondary N) is 1. The zero-order valence-corrected chi connectivity index (χ0v) is 13.8. The Morgan fingerprint density at radius 1 is 1.32 bits per heavy atom. The summed E-state index contributed by atoms with van der Waals surface area (Å²) in [6.45, 7) is 2.19. The number of esters is 1. The first kappa shape index (κ1) is 20.1. The van der Waals surface area contributed by atoms with Crippen molar-refractivity contribution < 1.29 is 32.6 Å². The van der Waals surface area contributed by atoms with Crippen LogP contribution in [0.4, 0.5) is 8.78 Å². The molecule has 0 spiro atoms. The van der Waals surface area contributed by atoms with Gasteiger partial charge in [0.15, 0.2) is 17.6 Å². The van der Waals surface area contributed by atoms with Crippen LogP contribution in [0.1, 0.15) is 12.5 Å². The van der Waals surface area contributed by atoms with Gasteiger partial charge in [-0.3, -0.25) is 4.79 Å². The highest BCUT2D eigenvalue weighted by Crippen LogP contribution is 2.29. The molecule has 0 aliphatic carbocycles. The van der Waals surface area contributed by atoms with E-state index in [1.807, 2.05) is 0 Å². The van der Waals surface area contributed by atoms with Gasteiger partial charge >= 0.3 is 12.6 Å². The van der Waals surface area contributed by atoms with Crippen LogP contribution < -0.4 is 14.8 Å². The summed E-state index contributed by atoms with van der Waals surface area (Å²) in [5, 5.41) is 2.50. The van der Waals surface area contributed by atoms with Gasteiger partial charge in [-0.15, -0.1) is 6.58 Å². The van der Waals surface area contributed by atoms with E-state index >= 15 is 0 Å². The van der Waals surface area contributed by atoms with Crippen molar-refractivity contribution >= 4 is 18.0 Å². The van der Waals surface area contributed by atoms with Crippen molar-refractivity contribution in [1.29, 1.82) is 0 Å². The molecule has 0 bridgehead atoms. The summed E-state index contributed by atoms with van der Waals surface area (Å²) in [5.41, 5.74) is 0.499. The Balaban J connectivity index is 2.69. The summed E-state index contributed by atoms with van der Waals surface area (Å²) in [6.07, 6.45) is 3.04. The third-order valence-corrected chi connectivity index (χ3v) is 2.90. The van der Waals surface area contributed by atoms with E-state index in [0.717, 1.165) is 6.08 Å². The Kier molecular flexibility index (Phi) is 8.11. The summed E-state index contributed by atoms with van der Waals surface area (Å²) in [5.74, 6) is -1.21. The summed E-state index contributed by atoms with van der Waals surface area (Å²) >= 11 is 0. The second-order valence-electron chi connectivity index (χ2n) is 4.74. The summed E-state index contributed by atoms with van der Waals surface area (Å²) in [6, 6.07) is 4.17. The molecule has 1 amide bonds. The molecular formula is C17H19F2NO5. The molecule has 1 atom stereocenters. The fraction of sp³-hybridized carbons (Fsp3) is 0.294. The number of methoxy groups -OCH3 is 1. The number of benzene rings is 1. The van der Waals surface area contributed by atoms with E-state index in [9.17, 15) is 18.4 Å². The molecule has 0 fully saturated rings. The third-order valence-electron chi connectivity index (χ3n) is 2.90. The molecule has 0 saturated heterocycles. The van der Waals surface area contributed by atoms with Crippen LogP contribution in [0.5, 0.6) is 11.5 Å². The molecule has 0 radical (unpaired) electrons. The van der Waals surface area contributed by atoms with Crippen LogP contribution in [-0.4, -0.2) is 38.2 Å². The van der Waals surface area contributed by atoms with Gasteiger partial charge in [0.2, 0.25) is 0 Å². The van der Waals surface area contributed by atoms with Gasteiger partial charge in [-0.2, -0.15) is 8.78 Å². The molecule has 1 aromatic rings. The predicted molar refractivity (Wildman–Crippen MR) is 87.4 cm³/mol. The number of hydrogen-bond donors (Lipinski definition) is 1. The van der Waals surface area contributed by atoms with Crippen LogP contribution in [0.25, 0.3) is 6.08 Å². The number of amides is 1. The summed E-state index contributed by atoms with van der Waals surface area (Å²) in [4.78, 5) is 23.3. The quantitative estimate of drug-likeness (QED) is 0.419. The summed E-state index contributed by atoms with van der Waals surface area (Å²) < 4.78 is 38.7. The van der Waals surface area contributed by atoms with Crippen LogP contribution in [0.2, 0.25) is 0 Å². The zero-order chi connectivity index (χ0) is 18.8. The Bertz CT molecular complexity index is 646. The van der Waals surface area contributed by atoms with Crippen molar-refractivity contribution in [3.05, 3.63) is 42.5 Å². The molecule has 0 heterocycles. The van der Waals surface area contributed by atoms with Crippen molar-refractivity contribution in [2.75, 3.05) is 13.7 Å². The molecule has 1 N–H and O–H groups in total. The highest BCUT2D eigenvalue weighted by atomic mass is 19.3. The minimum absolute atomic E-state index is 0.0907. The number of hydrogen-bond acceptors (Lipinski definition) is 5. The Morgan fingerprint density at radius 2 is 2.04 bits per heavy atom. The fourth-order valence-electron chi connectivity index (χ4n) is 1.73. The minimum Gasteiger partial charge on any atom is -0.493 e. The lowest BCUT2D eigenvalue weighted by Gasteiger charge is -2.11. The maximum absolute atomic E-state index is 12.3. The number of halogens is 2. The van der Waals surface area contributed by atoms with Crippen molar-refractivity contribution in [1.82, 2.24) is 5.32 Å². The van der Waals surface area contributed by atoms with Gasteiger partial charge in [0.1, 0.15) is 0 Å². The molecule has 25 heavy (non-hydrogen) atoms. The van der Waals surface area contributed by atoms with Crippen molar-refractivity contribution in [3.63, 3.8) is 0 Å². The van der Waals surface area contributed by atoms with Crippen LogP contribution in [0.15, 0.2) is 36.9 Å². The Hall–Kier alpha value is -2.90. The lowest BCUT2D eigenvalue weighted by Crippen LogP contribution is -2.35. The number of alkyl halides is 2. The van der Waals surface area contributed by atoms with Gasteiger partial charge in [-0.25, -0.2) is 4.79 Å². The zero-order valence-electron chi connectivity index (χ0n) is 13.8. The molecule has 136 valence electrons. The normalized spacial score (nSPS) is 11.9. The SMILES string of the molecule is C=CCNC(=O)[C@H](C)OC(=O)/C=C/c1ccc(OC(F)F)c(OC)c1. The van der Waals surface area contributed by atoms with Crippen LogP contribution >= 0.6 is 0 Å². The largest absolute Gasteiger partial charge is 0.493 e. The Labute approximate surface area is 144 Å². The van der Waals surface area contributed by atoms with Gasteiger partial charge in [-0.1, -0.05) is 12.1 Å². The maximum Gasteiger partial charge on any atom is 0.387 e. The van der Waals surface area contributed by atoms with Gasteiger partial charge in [-0.05, 0) is 30.7 Å². The third kappa shape index (κ3) is 7.03. The molecule has 0 unspecified atom stereocenters. The molecule has 1 aromatic carbocycles. The highest BCUT2D eigenvalue weighted by Gasteiger charge is 2.15. The van der Waals surface area contributed by atoms with Gasteiger partial charge in [0.25, 0.3) is 5.91 Å². The van der Waals surface area contributed by atoms with Crippen LogP contribution in [0, 0.1) is 0 Å².